The molecule has 1 N–H and O–H groups in total. The molecule has 114 valence electrons. The molecule has 1 aliphatic heterocycles. The number of hydrogen-bond donors (Lipinski definition) is 1. The van der Waals surface area contributed by atoms with Gasteiger partial charge in [-0.3, -0.25) is 0 Å². The van der Waals surface area contributed by atoms with Gasteiger partial charge in [0, 0.05) is 19.6 Å². The molecular weight excluding hydrogens is 234 g/mol. The van der Waals surface area contributed by atoms with Crippen molar-refractivity contribution in [3.05, 3.63) is 0 Å². The molecule has 0 radical (unpaired) electrons. The highest BCUT2D eigenvalue weighted by Crippen LogP contribution is 2.18. The minimum Gasteiger partial charge on any atom is -0.317 e. The summed E-state index contributed by atoms with van der Waals surface area (Å²) in [4.78, 5) is 4.95. The van der Waals surface area contributed by atoms with Crippen LogP contribution >= 0.6 is 0 Å². The number of likely N-dealkylation sites (N-methyl/N-ethyl adjacent to an activating group) is 1. The Kier molecular flexibility index (Phi) is 8.67. The first kappa shape index (κ1) is 16.9. The molecule has 0 aliphatic carbocycles. The summed E-state index contributed by atoms with van der Waals surface area (Å²) in [5.41, 5.74) is 0. The summed E-state index contributed by atoms with van der Waals surface area (Å²) >= 11 is 0. The fourth-order valence-electron chi connectivity index (χ4n) is 2.93. The van der Waals surface area contributed by atoms with Gasteiger partial charge in [0.15, 0.2) is 0 Å². The van der Waals surface area contributed by atoms with Crippen LogP contribution in [0.15, 0.2) is 0 Å². The standard InChI is InChI=1S/C16H35N3/c1-15(2)14-19(13-12-18(3)4)11-5-6-16-7-9-17-10-8-16/h15-17H,5-14H2,1-4H3. The van der Waals surface area contributed by atoms with Crippen LogP contribution in [0.25, 0.3) is 0 Å². The van der Waals surface area contributed by atoms with Crippen LogP contribution < -0.4 is 5.32 Å². The van der Waals surface area contributed by atoms with Gasteiger partial charge in [0.2, 0.25) is 0 Å². The van der Waals surface area contributed by atoms with Crippen molar-refractivity contribution in [1.82, 2.24) is 15.1 Å². The van der Waals surface area contributed by atoms with Crippen molar-refractivity contribution >= 4 is 0 Å². The van der Waals surface area contributed by atoms with E-state index in [0.717, 1.165) is 11.8 Å². The largest absolute Gasteiger partial charge is 0.317 e. The van der Waals surface area contributed by atoms with Crippen molar-refractivity contribution in [1.29, 1.82) is 0 Å². The Labute approximate surface area is 120 Å². The molecule has 0 unspecified atom stereocenters. The zero-order valence-corrected chi connectivity index (χ0v) is 13.6. The Balaban J connectivity index is 2.18. The molecule has 1 saturated heterocycles. The normalized spacial score (nSPS) is 17.8. The van der Waals surface area contributed by atoms with Gasteiger partial charge in [-0.15, -0.1) is 0 Å². The average Bonchev–Trinajstić information content (AvgIpc) is 2.36. The maximum absolute atomic E-state index is 3.46. The van der Waals surface area contributed by atoms with Gasteiger partial charge in [0.25, 0.3) is 0 Å². The zero-order chi connectivity index (χ0) is 14.1. The molecule has 0 amide bonds. The van der Waals surface area contributed by atoms with Crippen LogP contribution in [0.1, 0.15) is 39.5 Å². The van der Waals surface area contributed by atoms with E-state index in [1.165, 1.54) is 65.0 Å². The third-order valence-corrected chi connectivity index (χ3v) is 4.03. The Morgan fingerprint density at radius 2 is 1.74 bits per heavy atom. The van der Waals surface area contributed by atoms with Gasteiger partial charge in [-0.25, -0.2) is 0 Å². The number of nitrogens with zero attached hydrogens (tertiary/aromatic N) is 2. The molecular formula is C16H35N3. The van der Waals surface area contributed by atoms with Crippen molar-refractivity contribution < 1.29 is 0 Å². The molecule has 0 bridgehead atoms. The second-order valence-corrected chi connectivity index (χ2v) is 6.83. The first-order chi connectivity index (χ1) is 9.08. The molecule has 0 saturated carbocycles. The summed E-state index contributed by atoms with van der Waals surface area (Å²) < 4.78 is 0. The maximum Gasteiger partial charge on any atom is 0.0109 e. The predicted octanol–water partition coefficient (Wildman–Crippen LogP) is 2.29. The lowest BCUT2D eigenvalue weighted by atomic mass is 9.93. The summed E-state index contributed by atoms with van der Waals surface area (Å²) in [6, 6.07) is 0. The van der Waals surface area contributed by atoms with Crippen molar-refractivity contribution in [3.63, 3.8) is 0 Å². The van der Waals surface area contributed by atoms with Crippen LogP contribution in [-0.2, 0) is 0 Å². The summed E-state index contributed by atoms with van der Waals surface area (Å²) in [6.07, 6.45) is 5.59. The van der Waals surface area contributed by atoms with Gasteiger partial charge in [-0.2, -0.15) is 0 Å². The van der Waals surface area contributed by atoms with E-state index in [0.29, 0.717) is 0 Å². The Hall–Kier alpha value is -0.120. The molecule has 0 atom stereocenters. The van der Waals surface area contributed by atoms with E-state index in [-0.39, 0.29) is 0 Å². The van der Waals surface area contributed by atoms with E-state index in [4.69, 9.17) is 0 Å². The van der Waals surface area contributed by atoms with Crippen molar-refractivity contribution in [3.8, 4) is 0 Å². The molecule has 0 aromatic rings. The summed E-state index contributed by atoms with van der Waals surface area (Å²) in [7, 11) is 4.34. The summed E-state index contributed by atoms with van der Waals surface area (Å²) in [6.45, 7) is 12.1. The fourth-order valence-corrected chi connectivity index (χ4v) is 2.93. The van der Waals surface area contributed by atoms with Crippen LogP contribution in [-0.4, -0.2) is 63.2 Å². The van der Waals surface area contributed by atoms with Crippen LogP contribution in [0, 0.1) is 11.8 Å². The van der Waals surface area contributed by atoms with E-state index in [9.17, 15) is 0 Å². The molecule has 0 aromatic heterocycles. The Bertz CT molecular complexity index is 210. The summed E-state index contributed by atoms with van der Waals surface area (Å²) in [5.74, 6) is 1.76. The highest BCUT2D eigenvalue weighted by Gasteiger charge is 2.14. The lowest BCUT2D eigenvalue weighted by Gasteiger charge is -2.27. The third-order valence-electron chi connectivity index (χ3n) is 4.03. The van der Waals surface area contributed by atoms with Gasteiger partial charge in [0.05, 0.1) is 0 Å². The van der Waals surface area contributed by atoms with Crippen LogP contribution in [0.3, 0.4) is 0 Å². The quantitative estimate of drug-likeness (QED) is 0.693. The Morgan fingerprint density at radius 1 is 1.05 bits per heavy atom. The molecule has 19 heavy (non-hydrogen) atoms. The van der Waals surface area contributed by atoms with Gasteiger partial charge >= 0.3 is 0 Å². The van der Waals surface area contributed by atoms with Gasteiger partial charge < -0.3 is 15.1 Å². The van der Waals surface area contributed by atoms with Gasteiger partial charge in [0.1, 0.15) is 0 Å². The van der Waals surface area contributed by atoms with E-state index in [2.05, 4.69) is 43.1 Å². The first-order valence-electron chi connectivity index (χ1n) is 8.15. The lowest BCUT2D eigenvalue weighted by molar-refractivity contribution is 0.208. The topological polar surface area (TPSA) is 18.5 Å². The number of piperidine rings is 1. The second kappa shape index (κ2) is 9.73. The minimum atomic E-state index is 0.779. The highest BCUT2D eigenvalue weighted by molar-refractivity contribution is 4.70. The maximum atomic E-state index is 3.46. The van der Waals surface area contributed by atoms with Crippen molar-refractivity contribution in [2.45, 2.75) is 39.5 Å². The van der Waals surface area contributed by atoms with Crippen LogP contribution in [0.5, 0.6) is 0 Å². The molecule has 1 rings (SSSR count). The zero-order valence-electron chi connectivity index (χ0n) is 13.6. The monoisotopic (exact) mass is 269 g/mol. The molecule has 1 aliphatic rings. The molecule has 0 aromatic carbocycles. The van der Waals surface area contributed by atoms with E-state index < -0.39 is 0 Å². The molecule has 0 spiro atoms. The fraction of sp³-hybridized carbons (Fsp3) is 1.00. The van der Waals surface area contributed by atoms with E-state index >= 15 is 0 Å². The van der Waals surface area contributed by atoms with Crippen LogP contribution in [0.2, 0.25) is 0 Å². The van der Waals surface area contributed by atoms with Crippen molar-refractivity contribution in [2.24, 2.45) is 11.8 Å². The van der Waals surface area contributed by atoms with Gasteiger partial charge in [-0.05, 0) is 71.2 Å². The molecule has 1 heterocycles. The average molecular weight is 269 g/mol. The SMILES string of the molecule is CC(C)CN(CCCC1CCNCC1)CCN(C)C. The highest BCUT2D eigenvalue weighted by atomic mass is 15.2. The predicted molar refractivity (Wildman–Crippen MR) is 84.7 cm³/mol. The molecule has 3 nitrogen and oxygen atoms in total. The van der Waals surface area contributed by atoms with Gasteiger partial charge in [-0.1, -0.05) is 13.8 Å². The van der Waals surface area contributed by atoms with Crippen LogP contribution in [0.4, 0.5) is 0 Å². The van der Waals surface area contributed by atoms with E-state index in [1.54, 1.807) is 0 Å². The van der Waals surface area contributed by atoms with E-state index in [1.807, 2.05) is 0 Å². The first-order valence-corrected chi connectivity index (χ1v) is 8.15. The smallest absolute Gasteiger partial charge is 0.0109 e. The molecule has 1 fully saturated rings. The Morgan fingerprint density at radius 3 is 2.32 bits per heavy atom. The minimum absolute atomic E-state index is 0.779. The second-order valence-electron chi connectivity index (χ2n) is 6.83. The third kappa shape index (κ3) is 8.61. The number of hydrogen-bond acceptors (Lipinski definition) is 3. The molecule has 3 heteroatoms. The number of rotatable bonds is 9. The number of nitrogens with one attached hydrogen (secondary N) is 1. The summed E-state index contributed by atoms with van der Waals surface area (Å²) in [5, 5.41) is 3.46. The van der Waals surface area contributed by atoms with Crippen molar-refractivity contribution in [2.75, 3.05) is 53.4 Å². The lowest BCUT2D eigenvalue weighted by Crippen LogP contribution is -2.35.